The van der Waals surface area contributed by atoms with E-state index in [4.69, 9.17) is 16.3 Å². The highest BCUT2D eigenvalue weighted by atomic mass is 35.5. The molecule has 5 rings (SSSR count). The van der Waals surface area contributed by atoms with Crippen molar-refractivity contribution in [1.82, 2.24) is 9.78 Å². The number of hydrogen-bond donors (Lipinski definition) is 1. The average molecular weight is 487 g/mol. The van der Waals surface area contributed by atoms with E-state index in [0.29, 0.717) is 45.5 Å². The number of para-hydroxylation sites is 1. The van der Waals surface area contributed by atoms with E-state index in [1.165, 1.54) is 0 Å². The Morgan fingerprint density at radius 1 is 1.15 bits per heavy atom. The lowest BCUT2D eigenvalue weighted by molar-refractivity contribution is 0.0975. The van der Waals surface area contributed by atoms with E-state index in [1.807, 2.05) is 37.3 Å². The van der Waals surface area contributed by atoms with Gasteiger partial charge in [-0.1, -0.05) is 23.7 Å². The molecule has 1 fully saturated rings. The molecule has 0 aliphatic carbocycles. The molecular formula is C23H23ClN4O4S. The number of anilines is 2. The van der Waals surface area contributed by atoms with Gasteiger partial charge in [-0.25, -0.2) is 13.1 Å². The number of carbonyl (C=O) groups is 1. The first-order valence-electron chi connectivity index (χ1n) is 10.6. The molecule has 3 aromatic rings. The van der Waals surface area contributed by atoms with Crippen LogP contribution in [0.15, 0.2) is 48.5 Å². The summed E-state index contributed by atoms with van der Waals surface area (Å²) >= 11 is 6.82. The fraction of sp³-hybridized carbons (Fsp3) is 0.304. The number of nitrogens with one attached hydrogen (secondary N) is 1. The van der Waals surface area contributed by atoms with Gasteiger partial charge in [0, 0.05) is 11.4 Å². The van der Waals surface area contributed by atoms with Gasteiger partial charge in [0.1, 0.15) is 17.1 Å². The third-order valence-electron chi connectivity index (χ3n) is 6.18. The van der Waals surface area contributed by atoms with Gasteiger partial charge in [0.15, 0.2) is 9.84 Å². The van der Waals surface area contributed by atoms with Gasteiger partial charge < -0.3 is 10.1 Å². The molecule has 1 aromatic heterocycles. The first-order valence-corrected chi connectivity index (χ1v) is 12.8. The van der Waals surface area contributed by atoms with Gasteiger partial charge in [-0.05, 0) is 49.7 Å². The monoisotopic (exact) mass is 486 g/mol. The second kappa shape index (κ2) is 8.07. The first kappa shape index (κ1) is 21.8. The topological polar surface area (TPSA) is 93.5 Å². The van der Waals surface area contributed by atoms with Gasteiger partial charge in [-0.15, -0.1) is 0 Å². The summed E-state index contributed by atoms with van der Waals surface area (Å²) in [4.78, 5) is 15.3. The van der Waals surface area contributed by atoms with Crippen LogP contribution in [-0.4, -0.2) is 42.7 Å². The van der Waals surface area contributed by atoms with Crippen LogP contribution < -0.4 is 15.0 Å². The number of aromatic nitrogens is 2. The number of halogens is 1. The molecule has 0 spiro atoms. The number of sulfone groups is 1. The van der Waals surface area contributed by atoms with Crippen LogP contribution in [-0.2, 0) is 9.84 Å². The number of aryl methyl sites for hydroxylation is 1. The Labute approximate surface area is 197 Å². The molecule has 0 radical (unpaired) electrons. The third-order valence-corrected chi connectivity index (χ3v) is 8.30. The lowest BCUT2D eigenvalue weighted by Gasteiger charge is -2.38. The highest BCUT2D eigenvalue weighted by Crippen LogP contribution is 2.41. The molecule has 1 saturated heterocycles. The summed E-state index contributed by atoms with van der Waals surface area (Å²) in [5.41, 5.74) is 3.18. The van der Waals surface area contributed by atoms with Crippen molar-refractivity contribution >= 4 is 38.7 Å². The van der Waals surface area contributed by atoms with Gasteiger partial charge in [0.05, 0.1) is 41.5 Å². The Hall–Kier alpha value is -3.04. The van der Waals surface area contributed by atoms with Gasteiger partial charge >= 0.3 is 0 Å². The molecule has 2 atom stereocenters. The maximum Gasteiger partial charge on any atom is 0.262 e. The predicted molar refractivity (Wildman–Crippen MR) is 127 cm³/mol. The number of methoxy groups -OCH3 is 1. The SMILES string of the molecule is COc1ccc(N2C(=O)c3ccccc3NC2c2c(C)nn(C3CCS(=O)(=O)C3)c2Cl)cc1. The van der Waals surface area contributed by atoms with Crippen LogP contribution in [0, 0.1) is 6.92 Å². The smallest absolute Gasteiger partial charge is 0.262 e. The van der Waals surface area contributed by atoms with Crippen LogP contribution in [0.2, 0.25) is 5.15 Å². The average Bonchev–Trinajstić information content (AvgIpc) is 3.31. The van der Waals surface area contributed by atoms with E-state index in [0.717, 1.165) is 0 Å². The van der Waals surface area contributed by atoms with Crippen molar-refractivity contribution < 1.29 is 17.9 Å². The quantitative estimate of drug-likeness (QED) is 0.599. The number of benzene rings is 2. The predicted octanol–water partition coefficient (Wildman–Crippen LogP) is 3.98. The number of ether oxygens (including phenoxy) is 1. The summed E-state index contributed by atoms with van der Waals surface area (Å²) in [6.07, 6.45) is -0.162. The minimum atomic E-state index is -3.11. The molecule has 3 heterocycles. The normalized spacial score (nSPS) is 21.5. The second-order valence-corrected chi connectivity index (χ2v) is 10.8. The zero-order valence-electron chi connectivity index (χ0n) is 18.2. The Bertz CT molecular complexity index is 1340. The van der Waals surface area contributed by atoms with E-state index >= 15 is 0 Å². The maximum atomic E-state index is 13.6. The van der Waals surface area contributed by atoms with Crippen LogP contribution in [0.1, 0.15) is 40.2 Å². The molecule has 0 bridgehead atoms. The standard InChI is InChI=1S/C23H23ClN4O4S/c1-14-20(21(24)28(26-14)16-11-12-33(30,31)13-16)22-25-19-6-4-3-5-18(19)23(29)27(22)15-7-9-17(32-2)10-8-15/h3-10,16,22,25H,11-13H2,1-2H3. The lowest BCUT2D eigenvalue weighted by Crippen LogP contribution is -2.43. The molecule has 1 amide bonds. The minimum absolute atomic E-state index is 0.00926. The third kappa shape index (κ3) is 3.75. The summed E-state index contributed by atoms with van der Waals surface area (Å²) in [5, 5.41) is 8.36. The molecule has 2 aliphatic heterocycles. The van der Waals surface area contributed by atoms with Crippen molar-refractivity contribution in [2.75, 3.05) is 28.8 Å². The van der Waals surface area contributed by atoms with E-state index in [1.54, 1.807) is 34.9 Å². The van der Waals surface area contributed by atoms with Crippen LogP contribution >= 0.6 is 11.6 Å². The molecule has 10 heteroatoms. The number of amides is 1. The number of carbonyl (C=O) groups excluding carboxylic acids is 1. The highest BCUT2D eigenvalue weighted by Gasteiger charge is 2.39. The number of hydrogen-bond acceptors (Lipinski definition) is 6. The fourth-order valence-electron chi connectivity index (χ4n) is 4.52. The Balaban J connectivity index is 1.62. The fourth-order valence-corrected chi connectivity index (χ4v) is 6.63. The van der Waals surface area contributed by atoms with Gasteiger partial charge in [0.25, 0.3) is 5.91 Å². The summed E-state index contributed by atoms with van der Waals surface area (Å²) in [6, 6.07) is 14.2. The summed E-state index contributed by atoms with van der Waals surface area (Å²) in [6.45, 7) is 1.82. The summed E-state index contributed by atoms with van der Waals surface area (Å²) in [5.74, 6) is 0.632. The van der Waals surface area contributed by atoms with Crippen molar-refractivity contribution in [3.63, 3.8) is 0 Å². The van der Waals surface area contributed by atoms with Crippen LogP contribution in [0.25, 0.3) is 0 Å². The molecule has 0 saturated carbocycles. The van der Waals surface area contributed by atoms with Crippen molar-refractivity contribution in [3.05, 3.63) is 70.5 Å². The summed E-state index contributed by atoms with van der Waals surface area (Å²) < 4.78 is 30.9. The molecule has 2 aliphatic rings. The van der Waals surface area contributed by atoms with Crippen LogP contribution in [0.4, 0.5) is 11.4 Å². The van der Waals surface area contributed by atoms with Crippen molar-refractivity contribution in [2.24, 2.45) is 0 Å². The molecular weight excluding hydrogens is 464 g/mol. The van der Waals surface area contributed by atoms with Gasteiger partial charge in [-0.2, -0.15) is 5.10 Å². The largest absolute Gasteiger partial charge is 0.497 e. The molecule has 1 N–H and O–H groups in total. The Morgan fingerprint density at radius 3 is 2.55 bits per heavy atom. The molecule has 2 unspecified atom stereocenters. The van der Waals surface area contributed by atoms with Gasteiger partial charge in [-0.3, -0.25) is 9.69 Å². The number of fused-ring (bicyclic) bond motifs is 1. The van der Waals surface area contributed by atoms with Crippen molar-refractivity contribution in [1.29, 1.82) is 0 Å². The first-order chi connectivity index (χ1) is 15.8. The lowest BCUT2D eigenvalue weighted by atomic mass is 10.0. The molecule has 8 nitrogen and oxygen atoms in total. The second-order valence-electron chi connectivity index (χ2n) is 8.26. The van der Waals surface area contributed by atoms with Crippen molar-refractivity contribution in [3.8, 4) is 5.75 Å². The zero-order chi connectivity index (χ0) is 23.3. The highest BCUT2D eigenvalue weighted by molar-refractivity contribution is 7.91. The van der Waals surface area contributed by atoms with E-state index in [2.05, 4.69) is 10.4 Å². The van der Waals surface area contributed by atoms with E-state index in [-0.39, 0.29) is 23.5 Å². The van der Waals surface area contributed by atoms with Crippen LogP contribution in [0.3, 0.4) is 0 Å². The zero-order valence-corrected chi connectivity index (χ0v) is 19.7. The maximum absolute atomic E-state index is 13.6. The summed E-state index contributed by atoms with van der Waals surface area (Å²) in [7, 11) is -1.52. The minimum Gasteiger partial charge on any atom is -0.497 e. The van der Waals surface area contributed by atoms with Crippen LogP contribution in [0.5, 0.6) is 5.75 Å². The van der Waals surface area contributed by atoms with E-state index < -0.39 is 16.0 Å². The van der Waals surface area contributed by atoms with E-state index in [9.17, 15) is 13.2 Å². The van der Waals surface area contributed by atoms with Gasteiger partial charge in [0.2, 0.25) is 0 Å². The van der Waals surface area contributed by atoms with Crippen molar-refractivity contribution in [2.45, 2.75) is 25.6 Å². The Kier molecular flexibility index (Phi) is 5.33. The molecule has 33 heavy (non-hydrogen) atoms. The number of nitrogens with zero attached hydrogens (tertiary/aromatic N) is 3. The number of rotatable bonds is 4. The molecule has 2 aromatic carbocycles. The Morgan fingerprint density at radius 2 is 1.88 bits per heavy atom. The molecule has 172 valence electrons.